The quantitative estimate of drug-likeness (QED) is 0.351. The second-order valence-electron chi connectivity index (χ2n) is 10.4. The molecule has 0 aromatic heterocycles. The van der Waals surface area contributed by atoms with Gasteiger partial charge in [0.15, 0.2) is 0 Å². The standard InChI is InChI=1S/2C14H17FN2O3/c2*15-12-5-3-11(4-6-12)14(18)16-13-7-1-10(2-8-13)9-17(19)20/h2*3-6,10,13H,1-2,7-9H2,(H,16,18). The molecule has 10 nitrogen and oxygen atoms in total. The summed E-state index contributed by atoms with van der Waals surface area (Å²) in [5, 5.41) is 26.7. The van der Waals surface area contributed by atoms with Crippen molar-refractivity contribution in [1.29, 1.82) is 0 Å². The molecular weight excluding hydrogens is 526 g/mol. The van der Waals surface area contributed by atoms with Crippen molar-refractivity contribution in [2.45, 2.75) is 63.5 Å². The fourth-order valence-electron chi connectivity index (χ4n) is 5.14. The van der Waals surface area contributed by atoms with Gasteiger partial charge in [-0.3, -0.25) is 29.8 Å². The Labute approximate surface area is 230 Å². The molecule has 0 atom stereocenters. The Morgan fingerprint density at radius 1 is 0.625 bits per heavy atom. The fourth-order valence-corrected chi connectivity index (χ4v) is 5.14. The monoisotopic (exact) mass is 560 g/mol. The summed E-state index contributed by atoms with van der Waals surface area (Å²) in [6.07, 6.45) is 6.06. The van der Waals surface area contributed by atoms with Crippen molar-refractivity contribution in [3.05, 3.63) is 91.5 Å². The van der Waals surface area contributed by atoms with Crippen LogP contribution >= 0.6 is 0 Å². The van der Waals surface area contributed by atoms with E-state index in [-0.39, 0.29) is 70.3 Å². The third-order valence-electron chi connectivity index (χ3n) is 7.39. The van der Waals surface area contributed by atoms with Crippen molar-refractivity contribution < 1.29 is 28.2 Å². The van der Waals surface area contributed by atoms with E-state index in [0.717, 1.165) is 51.4 Å². The molecular formula is C28H34F2N4O6. The lowest BCUT2D eigenvalue weighted by Crippen LogP contribution is -2.38. The molecule has 216 valence electrons. The van der Waals surface area contributed by atoms with Gasteiger partial charge >= 0.3 is 0 Å². The van der Waals surface area contributed by atoms with Crippen LogP contribution in [0.2, 0.25) is 0 Å². The second kappa shape index (κ2) is 15.0. The second-order valence-corrected chi connectivity index (χ2v) is 10.4. The smallest absolute Gasteiger partial charge is 0.251 e. The molecule has 2 N–H and O–H groups in total. The van der Waals surface area contributed by atoms with Gasteiger partial charge in [-0.05, 0) is 99.9 Å². The van der Waals surface area contributed by atoms with Gasteiger partial charge in [0.25, 0.3) is 11.8 Å². The Balaban J connectivity index is 0.000000220. The Morgan fingerprint density at radius 3 is 1.20 bits per heavy atom. The molecule has 0 heterocycles. The van der Waals surface area contributed by atoms with Crippen LogP contribution in [0.1, 0.15) is 72.1 Å². The minimum Gasteiger partial charge on any atom is -0.349 e. The molecule has 40 heavy (non-hydrogen) atoms. The Morgan fingerprint density at radius 2 is 0.925 bits per heavy atom. The highest BCUT2D eigenvalue weighted by molar-refractivity contribution is 5.94. The number of hydrogen-bond acceptors (Lipinski definition) is 6. The number of nitrogens with zero attached hydrogens (tertiary/aromatic N) is 2. The summed E-state index contributed by atoms with van der Waals surface area (Å²) >= 11 is 0. The average Bonchev–Trinajstić information content (AvgIpc) is 2.91. The van der Waals surface area contributed by atoms with Crippen molar-refractivity contribution in [1.82, 2.24) is 10.6 Å². The van der Waals surface area contributed by atoms with Crippen molar-refractivity contribution >= 4 is 11.8 Å². The fraction of sp³-hybridized carbons (Fsp3) is 0.500. The topological polar surface area (TPSA) is 144 Å². The van der Waals surface area contributed by atoms with Crippen LogP contribution in [0.15, 0.2) is 48.5 Å². The van der Waals surface area contributed by atoms with Crippen LogP contribution in [-0.4, -0.2) is 46.8 Å². The number of nitrogens with one attached hydrogen (secondary N) is 2. The molecule has 2 fully saturated rings. The molecule has 0 spiro atoms. The first-order chi connectivity index (χ1) is 19.1. The molecule has 0 unspecified atom stereocenters. The van der Waals surface area contributed by atoms with Gasteiger partial charge < -0.3 is 10.6 Å². The van der Waals surface area contributed by atoms with E-state index >= 15 is 0 Å². The van der Waals surface area contributed by atoms with E-state index in [1.54, 1.807) is 0 Å². The first-order valence-corrected chi connectivity index (χ1v) is 13.5. The lowest BCUT2D eigenvalue weighted by Gasteiger charge is -2.27. The van der Waals surface area contributed by atoms with Crippen molar-refractivity contribution in [2.24, 2.45) is 11.8 Å². The van der Waals surface area contributed by atoms with Gasteiger partial charge in [-0.15, -0.1) is 0 Å². The van der Waals surface area contributed by atoms with Crippen molar-refractivity contribution in [3.63, 3.8) is 0 Å². The maximum atomic E-state index is 12.8. The number of rotatable bonds is 8. The van der Waals surface area contributed by atoms with E-state index < -0.39 is 0 Å². The van der Waals surface area contributed by atoms with E-state index in [9.17, 15) is 38.6 Å². The molecule has 2 aliphatic rings. The summed E-state index contributed by atoms with van der Waals surface area (Å²) in [6, 6.07) is 10.9. The molecule has 0 saturated heterocycles. The third-order valence-corrected chi connectivity index (χ3v) is 7.39. The van der Waals surface area contributed by atoms with Crippen molar-refractivity contribution in [2.75, 3.05) is 13.1 Å². The SMILES string of the molecule is O=C(NC1CCC(C[N+](=O)[O-])CC1)c1ccc(F)cc1.O=C(NC1CCC(C[N+](=O)[O-])CC1)c1ccc(F)cc1. The summed E-state index contributed by atoms with van der Waals surface area (Å²) in [6.45, 7) is 0.0251. The van der Waals surface area contributed by atoms with Crippen molar-refractivity contribution in [3.8, 4) is 0 Å². The van der Waals surface area contributed by atoms with Crippen LogP contribution in [0.4, 0.5) is 8.78 Å². The van der Waals surface area contributed by atoms with E-state index in [1.807, 2.05) is 0 Å². The first kappa shape index (κ1) is 30.6. The molecule has 2 saturated carbocycles. The van der Waals surface area contributed by atoms with Gasteiger partial charge in [-0.2, -0.15) is 0 Å². The first-order valence-electron chi connectivity index (χ1n) is 13.5. The highest BCUT2D eigenvalue weighted by Gasteiger charge is 2.26. The summed E-state index contributed by atoms with van der Waals surface area (Å²) < 4.78 is 25.5. The highest BCUT2D eigenvalue weighted by Crippen LogP contribution is 2.25. The number of carbonyl (C=O) groups excluding carboxylic acids is 2. The van der Waals surface area contributed by atoms with Crippen LogP contribution in [0, 0.1) is 43.7 Å². The maximum absolute atomic E-state index is 12.8. The largest absolute Gasteiger partial charge is 0.349 e. The Bertz CT molecular complexity index is 1050. The molecule has 2 aromatic carbocycles. The van der Waals surface area contributed by atoms with Gasteiger partial charge in [0.1, 0.15) is 11.6 Å². The molecule has 2 amide bonds. The molecule has 0 bridgehead atoms. The normalized spacial score (nSPS) is 22.2. The number of amides is 2. The number of carbonyl (C=O) groups is 2. The van der Waals surface area contributed by atoms with Crippen LogP contribution in [0.5, 0.6) is 0 Å². The molecule has 12 heteroatoms. The predicted molar refractivity (Wildman–Crippen MR) is 143 cm³/mol. The van der Waals surface area contributed by atoms with E-state index in [0.29, 0.717) is 11.1 Å². The lowest BCUT2D eigenvalue weighted by atomic mass is 9.86. The van der Waals surface area contributed by atoms with Gasteiger partial charge in [0.05, 0.1) is 0 Å². The minimum absolute atomic E-state index is 0.0125. The number of benzene rings is 2. The number of hydrogen-bond donors (Lipinski definition) is 2. The Kier molecular flexibility index (Phi) is 11.5. The molecule has 0 aliphatic heterocycles. The zero-order valence-electron chi connectivity index (χ0n) is 22.1. The van der Waals surface area contributed by atoms with Crippen LogP contribution < -0.4 is 10.6 Å². The van der Waals surface area contributed by atoms with E-state index in [4.69, 9.17) is 0 Å². The van der Waals surface area contributed by atoms with Crippen LogP contribution in [-0.2, 0) is 0 Å². The molecule has 4 rings (SSSR count). The summed E-state index contributed by atoms with van der Waals surface area (Å²) in [5.74, 6) is -0.956. The minimum atomic E-state index is -0.373. The van der Waals surface area contributed by atoms with E-state index in [2.05, 4.69) is 10.6 Å². The summed E-state index contributed by atoms with van der Waals surface area (Å²) in [5.41, 5.74) is 0.859. The van der Waals surface area contributed by atoms with Crippen LogP contribution in [0.25, 0.3) is 0 Å². The number of halogens is 2. The van der Waals surface area contributed by atoms with E-state index in [1.165, 1.54) is 48.5 Å². The molecule has 2 aromatic rings. The summed E-state index contributed by atoms with van der Waals surface area (Å²) in [7, 11) is 0. The molecule has 0 radical (unpaired) electrons. The van der Waals surface area contributed by atoms with Gasteiger partial charge in [-0.25, -0.2) is 8.78 Å². The van der Waals surface area contributed by atoms with Gasteiger partial charge in [-0.1, -0.05) is 0 Å². The zero-order valence-corrected chi connectivity index (χ0v) is 22.1. The predicted octanol–water partition coefficient (Wildman–Crippen LogP) is 4.78. The van der Waals surface area contributed by atoms with Gasteiger partial charge in [0.2, 0.25) is 13.1 Å². The maximum Gasteiger partial charge on any atom is 0.251 e. The number of nitro groups is 2. The zero-order chi connectivity index (χ0) is 29.1. The Hall–Kier alpha value is -3.96. The lowest BCUT2D eigenvalue weighted by molar-refractivity contribution is -0.489. The third kappa shape index (κ3) is 10.3. The average molecular weight is 561 g/mol. The van der Waals surface area contributed by atoms with Gasteiger partial charge in [0, 0.05) is 44.9 Å². The highest BCUT2D eigenvalue weighted by atomic mass is 19.1. The van der Waals surface area contributed by atoms with Crippen LogP contribution in [0.3, 0.4) is 0 Å². The summed E-state index contributed by atoms with van der Waals surface area (Å²) in [4.78, 5) is 44.2. The molecule has 2 aliphatic carbocycles.